The molecule has 0 bridgehead atoms. The zero-order valence-electron chi connectivity index (χ0n) is 30.6. The maximum absolute atomic E-state index is 6.65. The van der Waals surface area contributed by atoms with Gasteiger partial charge >= 0.3 is 0 Å². The van der Waals surface area contributed by atoms with Gasteiger partial charge in [0.1, 0.15) is 22.3 Å². The van der Waals surface area contributed by atoms with Crippen molar-refractivity contribution in [3.8, 4) is 45.3 Å². The molecule has 0 aliphatic heterocycles. The maximum Gasteiger partial charge on any atom is 0.164 e. The molecule has 0 atom stereocenters. The molecule has 11 aromatic rings. The molecule has 0 saturated heterocycles. The molecule has 0 amide bonds. The Kier molecular flexibility index (Phi) is 7.71. The minimum atomic E-state index is 0.611. The van der Waals surface area contributed by atoms with E-state index in [1.165, 1.54) is 0 Å². The van der Waals surface area contributed by atoms with Crippen LogP contribution in [0.1, 0.15) is 0 Å². The van der Waals surface area contributed by atoms with Crippen molar-refractivity contribution in [3.05, 3.63) is 194 Å². The highest BCUT2D eigenvalue weighted by Gasteiger charge is 2.20. The number of anilines is 3. The van der Waals surface area contributed by atoms with Gasteiger partial charge in [0, 0.05) is 67.4 Å². The number of para-hydroxylation sites is 2. The zero-order chi connectivity index (χ0) is 37.7. The minimum absolute atomic E-state index is 0.611. The average molecular weight is 733 g/mol. The highest BCUT2D eigenvalue weighted by molar-refractivity contribution is 6.13. The smallest absolute Gasteiger partial charge is 0.164 e. The molecule has 0 fully saturated rings. The molecule has 6 nitrogen and oxygen atoms in total. The molecule has 11 rings (SSSR count). The summed E-state index contributed by atoms with van der Waals surface area (Å²) in [6.07, 6.45) is 0. The molecule has 0 radical (unpaired) electrons. The first kappa shape index (κ1) is 32.6. The van der Waals surface area contributed by atoms with Crippen LogP contribution in [-0.2, 0) is 0 Å². The Morgan fingerprint density at radius 1 is 0.316 bits per heavy atom. The lowest BCUT2D eigenvalue weighted by atomic mass is 9.97. The fourth-order valence-corrected chi connectivity index (χ4v) is 7.84. The molecule has 0 spiro atoms. The average Bonchev–Trinajstić information content (AvgIpc) is 3.85. The van der Waals surface area contributed by atoms with E-state index in [1.807, 2.05) is 91.0 Å². The second kappa shape index (κ2) is 13.5. The van der Waals surface area contributed by atoms with E-state index in [-0.39, 0.29) is 0 Å². The molecule has 0 aliphatic rings. The van der Waals surface area contributed by atoms with Gasteiger partial charge in [-0.2, -0.15) is 0 Å². The summed E-state index contributed by atoms with van der Waals surface area (Å²) in [6, 6.07) is 66.2. The van der Waals surface area contributed by atoms with Crippen LogP contribution in [0.3, 0.4) is 0 Å². The largest absolute Gasteiger partial charge is 0.456 e. The van der Waals surface area contributed by atoms with Crippen LogP contribution in [0.15, 0.2) is 203 Å². The van der Waals surface area contributed by atoms with Crippen molar-refractivity contribution in [2.45, 2.75) is 0 Å². The molecule has 3 aromatic heterocycles. The maximum atomic E-state index is 6.65. The summed E-state index contributed by atoms with van der Waals surface area (Å²) in [5, 5.41) is 4.29. The lowest BCUT2D eigenvalue weighted by Crippen LogP contribution is -2.09. The monoisotopic (exact) mass is 732 g/mol. The number of hydrogen-bond donors (Lipinski definition) is 0. The molecule has 0 unspecified atom stereocenters. The number of furan rings is 2. The summed E-state index contributed by atoms with van der Waals surface area (Å²) in [5.74, 6) is 1.87. The molecular weight excluding hydrogens is 701 g/mol. The number of fused-ring (bicyclic) bond motifs is 6. The van der Waals surface area contributed by atoms with Crippen LogP contribution in [0, 0.1) is 0 Å². The van der Waals surface area contributed by atoms with E-state index < -0.39 is 0 Å². The standard InChI is InChI=1S/C51H32N4O2/c1-4-14-33(15-5-1)49-52-50(34-16-6-2-7-17-34)54-51(53-49)36-19-12-18-35(30-36)40-23-13-25-45-48(40)43-29-27-39(32-47(43)57-45)55(37-20-8-3-9-21-37)38-26-28-42-41-22-10-11-24-44(41)56-46(42)31-38/h1-32H. The van der Waals surface area contributed by atoms with E-state index >= 15 is 0 Å². The summed E-state index contributed by atoms with van der Waals surface area (Å²) in [4.78, 5) is 17.1. The van der Waals surface area contributed by atoms with E-state index in [4.69, 9.17) is 23.8 Å². The third-order valence-electron chi connectivity index (χ3n) is 10.5. The summed E-state index contributed by atoms with van der Waals surface area (Å²) >= 11 is 0. The van der Waals surface area contributed by atoms with Gasteiger partial charge in [-0.15, -0.1) is 0 Å². The summed E-state index contributed by atoms with van der Waals surface area (Å²) in [7, 11) is 0. The Labute approximate surface area is 328 Å². The SMILES string of the molecule is c1ccc(-c2nc(-c3ccccc3)nc(-c3cccc(-c4cccc5oc6cc(N(c7ccccc7)c7ccc8c(c7)oc7ccccc78)ccc6c45)c3)n2)cc1. The lowest BCUT2D eigenvalue weighted by Gasteiger charge is -2.25. The van der Waals surface area contributed by atoms with E-state index in [0.29, 0.717) is 17.5 Å². The second-order valence-corrected chi connectivity index (χ2v) is 14.0. The van der Waals surface area contributed by atoms with Gasteiger partial charge in [-0.3, -0.25) is 0 Å². The van der Waals surface area contributed by atoms with E-state index in [9.17, 15) is 0 Å². The van der Waals surface area contributed by atoms with Crippen LogP contribution in [0.4, 0.5) is 17.1 Å². The molecule has 268 valence electrons. The third kappa shape index (κ3) is 5.79. The van der Waals surface area contributed by atoms with Gasteiger partial charge in [0.25, 0.3) is 0 Å². The number of aromatic nitrogens is 3. The Morgan fingerprint density at radius 3 is 1.51 bits per heavy atom. The quantitative estimate of drug-likeness (QED) is 0.162. The number of benzene rings is 8. The van der Waals surface area contributed by atoms with Crippen LogP contribution in [0.25, 0.3) is 89.2 Å². The molecule has 0 aliphatic carbocycles. The van der Waals surface area contributed by atoms with Gasteiger partial charge in [0.15, 0.2) is 17.5 Å². The van der Waals surface area contributed by atoms with Gasteiger partial charge in [0.05, 0.1) is 0 Å². The summed E-state index contributed by atoms with van der Waals surface area (Å²) < 4.78 is 13.0. The van der Waals surface area contributed by atoms with Crippen LogP contribution in [0.5, 0.6) is 0 Å². The Bertz CT molecular complexity index is 3190. The van der Waals surface area contributed by atoms with Crippen LogP contribution in [0.2, 0.25) is 0 Å². The van der Waals surface area contributed by atoms with Crippen molar-refractivity contribution < 1.29 is 8.83 Å². The molecule has 0 N–H and O–H groups in total. The fraction of sp³-hybridized carbons (Fsp3) is 0. The predicted molar refractivity (Wildman–Crippen MR) is 231 cm³/mol. The van der Waals surface area contributed by atoms with Gasteiger partial charge in [0.2, 0.25) is 0 Å². The van der Waals surface area contributed by atoms with Gasteiger partial charge in [-0.1, -0.05) is 127 Å². The summed E-state index contributed by atoms with van der Waals surface area (Å²) in [5.41, 5.74) is 11.2. The highest BCUT2D eigenvalue weighted by atomic mass is 16.3. The first-order valence-corrected chi connectivity index (χ1v) is 18.9. The lowest BCUT2D eigenvalue weighted by molar-refractivity contribution is 0.669. The number of rotatable bonds is 7. The van der Waals surface area contributed by atoms with Crippen LogP contribution >= 0.6 is 0 Å². The Morgan fingerprint density at radius 2 is 0.807 bits per heavy atom. The Balaban J connectivity index is 1.02. The van der Waals surface area contributed by atoms with Gasteiger partial charge < -0.3 is 13.7 Å². The summed E-state index contributed by atoms with van der Waals surface area (Å²) in [6.45, 7) is 0. The van der Waals surface area contributed by atoms with E-state index in [2.05, 4.69) is 108 Å². The van der Waals surface area contributed by atoms with Crippen LogP contribution in [-0.4, -0.2) is 15.0 Å². The van der Waals surface area contributed by atoms with Crippen molar-refractivity contribution in [2.75, 3.05) is 4.90 Å². The minimum Gasteiger partial charge on any atom is -0.456 e. The predicted octanol–water partition coefficient (Wildman–Crippen LogP) is 13.8. The van der Waals surface area contributed by atoms with Crippen LogP contribution < -0.4 is 4.90 Å². The molecular formula is C51H32N4O2. The van der Waals surface area contributed by atoms with Crippen molar-refractivity contribution in [1.29, 1.82) is 0 Å². The van der Waals surface area contributed by atoms with E-state index in [1.54, 1.807) is 0 Å². The molecule has 8 aromatic carbocycles. The topological polar surface area (TPSA) is 68.2 Å². The van der Waals surface area contributed by atoms with Crippen molar-refractivity contribution in [3.63, 3.8) is 0 Å². The Hall–Kier alpha value is -7.83. The van der Waals surface area contributed by atoms with Crippen molar-refractivity contribution >= 4 is 60.9 Å². The molecule has 0 saturated carbocycles. The number of nitrogens with zero attached hydrogens (tertiary/aromatic N) is 4. The highest BCUT2D eigenvalue weighted by Crippen LogP contribution is 2.43. The van der Waals surface area contributed by atoms with Crippen molar-refractivity contribution in [2.24, 2.45) is 0 Å². The number of hydrogen-bond acceptors (Lipinski definition) is 6. The fourth-order valence-electron chi connectivity index (χ4n) is 7.84. The van der Waals surface area contributed by atoms with Crippen molar-refractivity contribution in [1.82, 2.24) is 15.0 Å². The second-order valence-electron chi connectivity index (χ2n) is 14.0. The molecule has 3 heterocycles. The molecule has 57 heavy (non-hydrogen) atoms. The first-order chi connectivity index (χ1) is 28.2. The normalized spacial score (nSPS) is 11.5. The molecule has 6 heteroatoms. The third-order valence-corrected chi connectivity index (χ3v) is 10.5. The van der Waals surface area contributed by atoms with Gasteiger partial charge in [-0.25, -0.2) is 15.0 Å². The zero-order valence-corrected chi connectivity index (χ0v) is 30.6. The van der Waals surface area contributed by atoms with E-state index in [0.717, 1.165) is 88.8 Å². The van der Waals surface area contributed by atoms with Gasteiger partial charge in [-0.05, 0) is 65.7 Å². The first-order valence-electron chi connectivity index (χ1n) is 18.9.